The molecule has 11 heteroatoms. The fraction of sp³-hybridized carbons (Fsp3) is 0.348. The first-order valence-electron chi connectivity index (χ1n) is 10.8. The van der Waals surface area contributed by atoms with Crippen molar-refractivity contribution in [2.45, 2.75) is 26.7 Å². The van der Waals surface area contributed by atoms with Gasteiger partial charge < -0.3 is 14.2 Å². The first kappa shape index (κ1) is 23.6. The Bertz CT molecular complexity index is 1230. The number of nitro benzene ring substituents is 1. The number of ether oxygens (including phenoxy) is 1. The van der Waals surface area contributed by atoms with Crippen LogP contribution in [0.2, 0.25) is 0 Å². The molecule has 2 aliphatic heterocycles. The maximum atomic E-state index is 12.9. The highest BCUT2D eigenvalue weighted by atomic mass is 32.2. The summed E-state index contributed by atoms with van der Waals surface area (Å²) in [5.41, 5.74) is 2.84. The molecule has 1 aromatic carbocycles. The number of thioether (sulfide) groups is 1. The van der Waals surface area contributed by atoms with Crippen LogP contribution in [0.4, 0.5) is 10.5 Å². The van der Waals surface area contributed by atoms with Gasteiger partial charge in [-0.05, 0) is 62.2 Å². The minimum atomic E-state index is -0.488. The first-order valence-corrected chi connectivity index (χ1v) is 11.6. The van der Waals surface area contributed by atoms with Gasteiger partial charge in [-0.25, -0.2) is 0 Å². The summed E-state index contributed by atoms with van der Waals surface area (Å²) in [7, 11) is 1.44. The van der Waals surface area contributed by atoms with E-state index in [4.69, 9.17) is 4.74 Å². The molecule has 0 spiro atoms. The van der Waals surface area contributed by atoms with Crippen molar-refractivity contribution in [3.05, 3.63) is 56.2 Å². The second kappa shape index (κ2) is 9.34. The van der Waals surface area contributed by atoms with Crippen molar-refractivity contribution in [3.63, 3.8) is 0 Å². The van der Waals surface area contributed by atoms with E-state index < -0.39 is 16.1 Å². The fourth-order valence-electron chi connectivity index (χ4n) is 4.25. The number of aromatic nitrogens is 1. The van der Waals surface area contributed by atoms with Gasteiger partial charge in [0.15, 0.2) is 0 Å². The number of amides is 3. The molecule has 1 aromatic heterocycles. The Morgan fingerprint density at radius 1 is 1.21 bits per heavy atom. The van der Waals surface area contributed by atoms with E-state index in [9.17, 15) is 24.5 Å². The van der Waals surface area contributed by atoms with Gasteiger partial charge in [0.25, 0.3) is 16.8 Å². The third kappa shape index (κ3) is 4.30. The topological polar surface area (TPSA) is 115 Å². The number of benzene rings is 1. The van der Waals surface area contributed by atoms with Crippen LogP contribution in [0.3, 0.4) is 0 Å². The lowest BCUT2D eigenvalue weighted by molar-refractivity contribution is -0.384. The van der Waals surface area contributed by atoms with Crippen LogP contribution in [0.15, 0.2) is 29.2 Å². The second-order valence-corrected chi connectivity index (χ2v) is 9.12. The molecule has 3 heterocycles. The summed E-state index contributed by atoms with van der Waals surface area (Å²) in [6, 6.07) is 6.23. The van der Waals surface area contributed by atoms with Crippen molar-refractivity contribution in [1.82, 2.24) is 14.4 Å². The maximum absolute atomic E-state index is 12.9. The van der Waals surface area contributed by atoms with E-state index in [1.54, 1.807) is 17.0 Å². The van der Waals surface area contributed by atoms with Crippen molar-refractivity contribution < 1.29 is 24.0 Å². The van der Waals surface area contributed by atoms with Crippen LogP contribution < -0.4 is 4.74 Å². The molecule has 2 aromatic rings. The summed E-state index contributed by atoms with van der Waals surface area (Å²) in [4.78, 5) is 51.4. The van der Waals surface area contributed by atoms with E-state index in [2.05, 4.69) is 0 Å². The number of carbonyl (C=O) groups excluding carboxylic acids is 3. The molecule has 0 atom stereocenters. The van der Waals surface area contributed by atoms with Crippen LogP contribution >= 0.6 is 11.8 Å². The van der Waals surface area contributed by atoms with Crippen molar-refractivity contribution in [2.24, 2.45) is 0 Å². The number of aryl methyl sites for hydroxylation is 1. The minimum Gasteiger partial charge on any atom is -0.494 e. The van der Waals surface area contributed by atoms with Crippen LogP contribution in [-0.2, 0) is 9.59 Å². The quantitative estimate of drug-likeness (QED) is 0.349. The standard InChI is InChI=1S/C23H24N4O6S/c1-14-10-16(15(2)26(14)18-7-6-17(27(31)32)12-19(18)33-3)11-20-22(29)25(23(30)34-20)13-21(28)24-8-4-5-9-24/h6-7,10-12H,4-5,8-9,13H2,1-3H3/b20-11+. The molecule has 0 radical (unpaired) electrons. The second-order valence-electron chi connectivity index (χ2n) is 8.13. The van der Waals surface area contributed by atoms with Gasteiger partial charge in [0.1, 0.15) is 12.3 Å². The molecular formula is C23H24N4O6S. The summed E-state index contributed by atoms with van der Waals surface area (Å²) >= 11 is 0.812. The third-order valence-electron chi connectivity index (χ3n) is 6.00. The number of nitro groups is 1. The van der Waals surface area contributed by atoms with Crippen molar-refractivity contribution in [2.75, 3.05) is 26.7 Å². The van der Waals surface area contributed by atoms with Gasteiger partial charge in [-0.2, -0.15) is 0 Å². The molecule has 10 nitrogen and oxygen atoms in total. The van der Waals surface area contributed by atoms with E-state index in [0.29, 0.717) is 30.1 Å². The SMILES string of the molecule is COc1cc([N+](=O)[O-])ccc1-n1c(C)cc(/C=C2/SC(=O)N(CC(=O)N3CCCC3)C2=O)c1C. The Morgan fingerprint density at radius 2 is 1.91 bits per heavy atom. The smallest absolute Gasteiger partial charge is 0.294 e. The lowest BCUT2D eigenvalue weighted by atomic mass is 10.2. The predicted octanol–water partition coefficient (Wildman–Crippen LogP) is 3.67. The molecule has 2 fully saturated rings. The third-order valence-corrected chi connectivity index (χ3v) is 6.91. The number of nitrogens with zero attached hydrogens (tertiary/aromatic N) is 4. The van der Waals surface area contributed by atoms with Gasteiger partial charge in [-0.3, -0.25) is 29.4 Å². The monoisotopic (exact) mass is 484 g/mol. The van der Waals surface area contributed by atoms with Gasteiger partial charge in [-0.1, -0.05) is 0 Å². The molecule has 0 aliphatic carbocycles. The van der Waals surface area contributed by atoms with Gasteiger partial charge in [0.05, 0.1) is 28.7 Å². The number of hydrogen-bond acceptors (Lipinski definition) is 7. The van der Waals surface area contributed by atoms with Crippen molar-refractivity contribution in [1.29, 1.82) is 0 Å². The van der Waals surface area contributed by atoms with Gasteiger partial charge in [-0.15, -0.1) is 0 Å². The van der Waals surface area contributed by atoms with Crippen LogP contribution in [0.1, 0.15) is 29.8 Å². The summed E-state index contributed by atoms with van der Waals surface area (Å²) in [6.45, 7) is 4.78. The van der Waals surface area contributed by atoms with E-state index in [1.807, 2.05) is 24.5 Å². The highest BCUT2D eigenvalue weighted by molar-refractivity contribution is 8.18. The lowest BCUT2D eigenvalue weighted by Crippen LogP contribution is -2.40. The Hall–Kier alpha value is -3.60. The molecule has 2 saturated heterocycles. The number of methoxy groups -OCH3 is 1. The Morgan fingerprint density at radius 3 is 2.56 bits per heavy atom. The number of rotatable bonds is 6. The number of carbonyl (C=O) groups is 3. The van der Waals surface area contributed by atoms with Crippen molar-refractivity contribution in [3.8, 4) is 11.4 Å². The number of likely N-dealkylation sites (tertiary alicyclic amines) is 1. The normalized spacial score (nSPS) is 17.2. The molecule has 178 valence electrons. The summed E-state index contributed by atoms with van der Waals surface area (Å²) in [6.07, 6.45) is 3.51. The van der Waals surface area contributed by atoms with Gasteiger partial charge in [0, 0.05) is 30.5 Å². The average molecular weight is 485 g/mol. The van der Waals surface area contributed by atoms with Gasteiger partial charge in [0.2, 0.25) is 5.91 Å². The van der Waals surface area contributed by atoms with Crippen LogP contribution in [0.5, 0.6) is 5.75 Å². The molecule has 4 rings (SSSR count). The summed E-state index contributed by atoms with van der Waals surface area (Å²) < 4.78 is 7.25. The van der Waals surface area contributed by atoms with Crippen LogP contribution in [-0.4, -0.2) is 63.1 Å². The predicted molar refractivity (Wildman–Crippen MR) is 127 cm³/mol. The van der Waals surface area contributed by atoms with Crippen molar-refractivity contribution >= 4 is 40.6 Å². The zero-order chi connectivity index (χ0) is 24.6. The Labute approximate surface area is 200 Å². The van der Waals surface area contributed by atoms with E-state index in [1.165, 1.54) is 19.2 Å². The zero-order valence-corrected chi connectivity index (χ0v) is 19.9. The van der Waals surface area contributed by atoms with Crippen LogP contribution in [0.25, 0.3) is 11.8 Å². The molecule has 3 amide bonds. The van der Waals surface area contributed by atoms with E-state index in [-0.39, 0.29) is 23.0 Å². The highest BCUT2D eigenvalue weighted by Gasteiger charge is 2.37. The Kier molecular flexibility index (Phi) is 6.47. The minimum absolute atomic E-state index is 0.0829. The molecule has 0 saturated carbocycles. The average Bonchev–Trinajstić information content (AvgIpc) is 3.50. The molecule has 34 heavy (non-hydrogen) atoms. The molecule has 0 unspecified atom stereocenters. The van der Waals surface area contributed by atoms with E-state index in [0.717, 1.165) is 40.9 Å². The largest absolute Gasteiger partial charge is 0.494 e. The molecule has 0 N–H and O–H groups in total. The number of non-ortho nitro benzene ring substituents is 1. The fourth-order valence-corrected chi connectivity index (χ4v) is 5.08. The van der Waals surface area contributed by atoms with E-state index >= 15 is 0 Å². The number of imide groups is 1. The first-order chi connectivity index (χ1) is 16.2. The molecule has 0 bridgehead atoms. The lowest BCUT2D eigenvalue weighted by Gasteiger charge is -2.18. The van der Waals surface area contributed by atoms with Crippen LogP contribution in [0, 0.1) is 24.0 Å². The molecular weight excluding hydrogens is 460 g/mol. The number of hydrogen-bond donors (Lipinski definition) is 0. The molecule has 2 aliphatic rings. The highest BCUT2D eigenvalue weighted by Crippen LogP contribution is 2.35. The zero-order valence-electron chi connectivity index (χ0n) is 19.1. The summed E-state index contributed by atoms with van der Waals surface area (Å²) in [5, 5.41) is 10.7. The maximum Gasteiger partial charge on any atom is 0.294 e. The summed E-state index contributed by atoms with van der Waals surface area (Å²) in [5.74, 6) is -0.368. The Balaban J connectivity index is 1.62. The van der Waals surface area contributed by atoms with Gasteiger partial charge >= 0.3 is 0 Å².